The fourth-order valence-corrected chi connectivity index (χ4v) is 1.70. The molecule has 18 heavy (non-hydrogen) atoms. The van der Waals surface area contributed by atoms with E-state index in [0.717, 1.165) is 32.1 Å². The van der Waals surface area contributed by atoms with Gasteiger partial charge in [-0.3, -0.25) is 9.59 Å². The topological polar surface area (TPSA) is 55.4 Å². The Hall–Kier alpha value is -1.03. The van der Waals surface area contributed by atoms with Crippen molar-refractivity contribution in [1.82, 2.24) is 5.32 Å². The first-order valence-electron chi connectivity index (χ1n) is 6.74. The van der Waals surface area contributed by atoms with E-state index < -0.39 is 0 Å². The van der Waals surface area contributed by atoms with Crippen molar-refractivity contribution in [2.75, 3.05) is 13.7 Å². The maximum atomic E-state index is 11.4. The van der Waals surface area contributed by atoms with Gasteiger partial charge in [0.2, 0.25) is 0 Å². The number of likely N-dealkylation sites (N-methyl/N-ethyl adjacent to an activating group) is 1. The molecule has 4 nitrogen and oxygen atoms in total. The van der Waals surface area contributed by atoms with Gasteiger partial charge in [-0.2, -0.15) is 0 Å². The van der Waals surface area contributed by atoms with Crippen LogP contribution in [0.3, 0.4) is 0 Å². The lowest BCUT2D eigenvalue weighted by Gasteiger charge is -2.11. The highest BCUT2D eigenvalue weighted by Gasteiger charge is 2.13. The summed E-state index contributed by atoms with van der Waals surface area (Å²) in [5, 5.41) is 2.88. The normalized spacial score (nSPS) is 12.1. The quantitative estimate of drug-likeness (QED) is 0.350. The number of carbonyl (C=O) groups is 2. The second kappa shape index (κ2) is 11.1. The summed E-state index contributed by atoms with van der Waals surface area (Å²) in [7, 11) is 1.72. The van der Waals surface area contributed by atoms with Crippen molar-refractivity contribution in [2.45, 2.75) is 57.9 Å². The van der Waals surface area contributed by atoms with Crippen LogP contribution in [0.2, 0.25) is 0 Å². The van der Waals surface area contributed by atoms with Gasteiger partial charge < -0.3 is 10.1 Å². The van der Waals surface area contributed by atoms with Crippen molar-refractivity contribution in [3.63, 3.8) is 0 Å². The zero-order valence-electron chi connectivity index (χ0n) is 11.7. The minimum absolute atomic E-state index is 0.0541. The Labute approximate surface area is 110 Å². The van der Waals surface area contributed by atoms with Crippen LogP contribution >= 0.6 is 0 Å². The van der Waals surface area contributed by atoms with Crippen LogP contribution in [0.4, 0.5) is 0 Å². The Morgan fingerprint density at radius 3 is 2.44 bits per heavy atom. The van der Waals surface area contributed by atoms with Gasteiger partial charge in [0.1, 0.15) is 5.78 Å². The highest BCUT2D eigenvalue weighted by Crippen LogP contribution is 2.04. The first-order chi connectivity index (χ1) is 8.61. The molecule has 1 atom stereocenters. The maximum absolute atomic E-state index is 11.4. The number of hydrogen-bond donors (Lipinski definition) is 1. The number of carbonyl (C=O) groups excluding carboxylic acids is 2. The first-order valence-corrected chi connectivity index (χ1v) is 6.74. The highest BCUT2D eigenvalue weighted by atomic mass is 16.5. The van der Waals surface area contributed by atoms with Gasteiger partial charge >= 0.3 is 5.97 Å². The molecule has 0 unspecified atom stereocenters. The molecule has 0 aromatic heterocycles. The average molecular weight is 256 g/mol. The third-order valence-corrected chi connectivity index (χ3v) is 2.88. The van der Waals surface area contributed by atoms with Crippen LogP contribution in [0.15, 0.2) is 0 Å². The van der Waals surface area contributed by atoms with Crippen LogP contribution in [0.5, 0.6) is 0 Å². The van der Waals surface area contributed by atoms with Gasteiger partial charge in [0.25, 0.3) is 0 Å². The van der Waals surface area contributed by atoms with E-state index >= 15 is 0 Å². The molecule has 0 aromatic carbocycles. The molecule has 0 rings (SSSR count). The summed E-state index contributed by atoms with van der Waals surface area (Å²) in [6, 6.07) is -0.241. The van der Waals surface area contributed by atoms with E-state index in [1.165, 1.54) is 6.92 Å². The third kappa shape index (κ3) is 9.05. The lowest BCUT2D eigenvalue weighted by molar-refractivity contribution is -0.144. The molecule has 0 radical (unpaired) electrons. The molecule has 104 valence electrons. The number of ketones is 1. The van der Waals surface area contributed by atoms with Crippen LogP contribution in [0.25, 0.3) is 0 Å². The Morgan fingerprint density at radius 1 is 1.22 bits per heavy atom. The molecule has 0 aliphatic heterocycles. The van der Waals surface area contributed by atoms with Crippen LogP contribution in [-0.4, -0.2) is 31.4 Å². The summed E-state index contributed by atoms with van der Waals surface area (Å²) in [6.45, 7) is 5.79. The molecule has 1 N–H and O–H groups in total. The number of hydrogen-bond acceptors (Lipinski definition) is 4. The zero-order chi connectivity index (χ0) is 13.8. The van der Waals surface area contributed by atoms with Crippen molar-refractivity contribution in [3.05, 3.63) is 6.92 Å². The van der Waals surface area contributed by atoms with Gasteiger partial charge in [0, 0.05) is 6.42 Å². The molecule has 0 amide bonds. The molecule has 0 spiro atoms. The highest BCUT2D eigenvalue weighted by molar-refractivity contribution is 5.82. The molecule has 0 saturated carbocycles. The molecular weight excluding hydrogens is 230 g/mol. The molecule has 0 aliphatic carbocycles. The Bertz CT molecular complexity index is 241. The average Bonchev–Trinajstić information content (AvgIpc) is 2.34. The fourth-order valence-electron chi connectivity index (χ4n) is 1.70. The van der Waals surface area contributed by atoms with E-state index in [1.807, 2.05) is 0 Å². The summed E-state index contributed by atoms with van der Waals surface area (Å²) >= 11 is 0. The van der Waals surface area contributed by atoms with Gasteiger partial charge in [-0.1, -0.05) is 0 Å². The molecule has 0 heterocycles. The number of esters is 1. The maximum Gasteiger partial charge on any atom is 0.305 e. The second-order valence-corrected chi connectivity index (χ2v) is 4.48. The molecule has 0 fully saturated rings. The van der Waals surface area contributed by atoms with E-state index in [9.17, 15) is 9.59 Å². The lowest BCUT2D eigenvalue weighted by atomic mass is 10.1. The number of Topliss-reactive ketones (excluding diaryl/α,β-unsaturated/α-hetero) is 1. The van der Waals surface area contributed by atoms with Gasteiger partial charge in [-0.25, -0.2) is 0 Å². The van der Waals surface area contributed by atoms with Gasteiger partial charge in [0.05, 0.1) is 26.0 Å². The van der Waals surface area contributed by atoms with Crippen molar-refractivity contribution in [2.24, 2.45) is 0 Å². The zero-order valence-corrected chi connectivity index (χ0v) is 11.7. The van der Waals surface area contributed by atoms with Gasteiger partial charge in [-0.15, -0.1) is 0 Å². The van der Waals surface area contributed by atoms with Gasteiger partial charge in [0.15, 0.2) is 0 Å². The predicted molar refractivity (Wildman–Crippen MR) is 72.2 cm³/mol. The SMILES string of the molecule is [CH2+]CCCCCCOC(=O)CC[C@H](NC)C(C)=O. The number of ether oxygens (including phenoxy) is 1. The molecule has 0 saturated heterocycles. The van der Waals surface area contributed by atoms with Crippen molar-refractivity contribution in [3.8, 4) is 0 Å². The van der Waals surface area contributed by atoms with Crippen molar-refractivity contribution < 1.29 is 14.3 Å². The van der Waals surface area contributed by atoms with E-state index in [2.05, 4.69) is 12.2 Å². The summed E-state index contributed by atoms with van der Waals surface area (Å²) in [5.74, 6) is -0.160. The molecule has 0 aromatic rings. The smallest absolute Gasteiger partial charge is 0.305 e. The standard InChI is InChI=1S/C14H26NO3/c1-4-5-6-7-8-11-18-14(17)10-9-13(15-3)12(2)16/h13,15H,1,4-11H2,2-3H3/q+1/t13-/m0/s1. The second-order valence-electron chi connectivity index (χ2n) is 4.48. The molecular formula is C14H26NO3+. The minimum atomic E-state index is -0.241. The first kappa shape index (κ1) is 17.0. The minimum Gasteiger partial charge on any atom is -0.466 e. The van der Waals surface area contributed by atoms with E-state index in [-0.39, 0.29) is 17.8 Å². The Balaban J connectivity index is 3.50. The molecule has 0 aliphatic rings. The lowest BCUT2D eigenvalue weighted by Crippen LogP contribution is -2.32. The van der Waals surface area contributed by atoms with Crippen molar-refractivity contribution >= 4 is 11.8 Å². The fraction of sp³-hybridized carbons (Fsp3) is 0.786. The van der Waals surface area contributed by atoms with E-state index in [4.69, 9.17) is 4.74 Å². The summed E-state index contributed by atoms with van der Waals surface area (Å²) < 4.78 is 5.10. The Morgan fingerprint density at radius 2 is 1.89 bits per heavy atom. The number of nitrogens with one attached hydrogen (secondary N) is 1. The van der Waals surface area contributed by atoms with E-state index in [1.54, 1.807) is 7.05 Å². The van der Waals surface area contributed by atoms with Crippen LogP contribution in [0.1, 0.15) is 51.9 Å². The summed E-state index contributed by atoms with van der Waals surface area (Å²) in [5.41, 5.74) is 0. The van der Waals surface area contributed by atoms with Gasteiger partial charge in [-0.05, 0) is 46.1 Å². The van der Waals surface area contributed by atoms with Crippen LogP contribution < -0.4 is 5.32 Å². The van der Waals surface area contributed by atoms with Crippen LogP contribution in [-0.2, 0) is 14.3 Å². The summed E-state index contributed by atoms with van der Waals surface area (Å²) in [6.07, 6.45) is 6.04. The Kier molecular flexibility index (Phi) is 10.4. The van der Waals surface area contributed by atoms with Crippen LogP contribution in [0, 0.1) is 6.92 Å². The largest absolute Gasteiger partial charge is 0.466 e. The van der Waals surface area contributed by atoms with E-state index in [0.29, 0.717) is 19.4 Å². The molecule has 4 heteroatoms. The predicted octanol–water partition coefficient (Wildman–Crippen LogP) is 2.27. The number of unbranched alkanes of at least 4 members (excludes halogenated alkanes) is 4. The summed E-state index contributed by atoms with van der Waals surface area (Å²) in [4.78, 5) is 22.5. The monoisotopic (exact) mass is 256 g/mol. The number of rotatable bonds is 11. The van der Waals surface area contributed by atoms with Crippen molar-refractivity contribution in [1.29, 1.82) is 0 Å². The third-order valence-electron chi connectivity index (χ3n) is 2.88. The molecule has 0 bridgehead atoms.